The van der Waals surface area contributed by atoms with Gasteiger partial charge in [0.2, 0.25) is 0 Å². The second-order valence-corrected chi connectivity index (χ2v) is 4.30. The van der Waals surface area contributed by atoms with Crippen LogP contribution in [-0.2, 0) is 0 Å². The number of phenolic OH excluding ortho intramolecular Hbond substituents is 1. The van der Waals surface area contributed by atoms with Gasteiger partial charge in [0.15, 0.2) is 0 Å². The maximum atomic E-state index is 11.8. The number of hydrogen-bond acceptors (Lipinski definition) is 4. The van der Waals surface area contributed by atoms with Crippen molar-refractivity contribution >= 4 is 11.7 Å². The first-order valence-corrected chi connectivity index (χ1v) is 6.09. The monoisotopic (exact) mass is 265 g/mol. The van der Waals surface area contributed by atoms with E-state index >= 15 is 0 Å². The Hall–Kier alpha value is -2.24. The maximum Gasteiger partial charge on any atom is 0.251 e. The van der Waals surface area contributed by atoms with E-state index in [9.17, 15) is 9.90 Å². The number of amidine groups is 1. The molecule has 1 amide bonds. The van der Waals surface area contributed by atoms with Crippen LogP contribution in [0.3, 0.4) is 0 Å². The Morgan fingerprint density at radius 1 is 1.42 bits per heavy atom. The molecule has 1 aromatic carbocycles. The Balaban J connectivity index is 2.35. The van der Waals surface area contributed by atoms with Crippen molar-refractivity contribution in [2.75, 3.05) is 6.54 Å². The van der Waals surface area contributed by atoms with E-state index in [2.05, 4.69) is 10.5 Å². The van der Waals surface area contributed by atoms with Gasteiger partial charge in [-0.15, -0.1) is 0 Å². The molecule has 1 aromatic rings. The summed E-state index contributed by atoms with van der Waals surface area (Å²) in [6, 6.07) is 4.63. The average molecular weight is 265 g/mol. The normalized spacial score (nSPS) is 11.3. The van der Waals surface area contributed by atoms with Gasteiger partial charge in [-0.05, 0) is 43.5 Å². The van der Waals surface area contributed by atoms with Gasteiger partial charge in [0.05, 0.1) is 0 Å². The van der Waals surface area contributed by atoms with Gasteiger partial charge in [-0.2, -0.15) is 0 Å². The highest BCUT2D eigenvalue weighted by atomic mass is 16.4. The molecular formula is C13H19N3O3. The smallest absolute Gasteiger partial charge is 0.251 e. The van der Waals surface area contributed by atoms with E-state index in [1.807, 2.05) is 0 Å². The molecule has 0 saturated heterocycles. The fourth-order valence-electron chi connectivity index (χ4n) is 1.68. The third kappa shape index (κ3) is 4.87. The van der Waals surface area contributed by atoms with Gasteiger partial charge in [0.25, 0.3) is 5.91 Å². The number of benzene rings is 1. The fourth-order valence-corrected chi connectivity index (χ4v) is 1.68. The molecule has 5 N–H and O–H groups in total. The maximum absolute atomic E-state index is 11.8. The second kappa shape index (κ2) is 7.25. The lowest BCUT2D eigenvalue weighted by Gasteiger charge is -2.07. The third-order valence-corrected chi connectivity index (χ3v) is 2.73. The number of oxime groups is 1. The summed E-state index contributed by atoms with van der Waals surface area (Å²) in [5, 5.41) is 23.3. The average Bonchev–Trinajstić information content (AvgIpc) is 2.37. The summed E-state index contributed by atoms with van der Waals surface area (Å²) in [5.41, 5.74) is 6.61. The van der Waals surface area contributed by atoms with Crippen molar-refractivity contribution in [2.24, 2.45) is 10.9 Å². The lowest BCUT2D eigenvalue weighted by Crippen LogP contribution is -2.25. The highest BCUT2D eigenvalue weighted by molar-refractivity contribution is 5.95. The van der Waals surface area contributed by atoms with Gasteiger partial charge in [-0.3, -0.25) is 4.79 Å². The fraction of sp³-hybridized carbons (Fsp3) is 0.385. The summed E-state index contributed by atoms with van der Waals surface area (Å²) in [6.45, 7) is 2.30. The van der Waals surface area contributed by atoms with Crippen molar-refractivity contribution in [1.29, 1.82) is 0 Å². The molecule has 1 rings (SSSR count). The summed E-state index contributed by atoms with van der Waals surface area (Å²) in [6.07, 6.45) is 1.99. The minimum absolute atomic E-state index is 0.146. The first-order chi connectivity index (χ1) is 9.04. The van der Waals surface area contributed by atoms with E-state index in [0.29, 0.717) is 18.5 Å². The van der Waals surface area contributed by atoms with E-state index in [1.165, 1.54) is 6.07 Å². The highest BCUT2D eigenvalue weighted by Crippen LogP contribution is 2.15. The number of aryl methyl sites for hydroxylation is 1. The van der Waals surface area contributed by atoms with Gasteiger partial charge in [-0.25, -0.2) is 0 Å². The van der Waals surface area contributed by atoms with E-state index in [1.54, 1.807) is 19.1 Å². The third-order valence-electron chi connectivity index (χ3n) is 2.73. The van der Waals surface area contributed by atoms with E-state index in [4.69, 9.17) is 10.9 Å². The molecule has 0 bridgehead atoms. The highest BCUT2D eigenvalue weighted by Gasteiger charge is 2.08. The molecule has 0 aliphatic rings. The van der Waals surface area contributed by atoms with Crippen molar-refractivity contribution in [1.82, 2.24) is 5.32 Å². The Kier molecular flexibility index (Phi) is 5.66. The van der Waals surface area contributed by atoms with Crippen LogP contribution in [0.4, 0.5) is 0 Å². The molecule has 0 spiro atoms. The van der Waals surface area contributed by atoms with Crippen LogP contribution in [-0.4, -0.2) is 28.6 Å². The number of nitrogens with two attached hydrogens (primary N) is 1. The molecule has 6 nitrogen and oxygen atoms in total. The van der Waals surface area contributed by atoms with E-state index in [-0.39, 0.29) is 17.5 Å². The van der Waals surface area contributed by atoms with Gasteiger partial charge in [0, 0.05) is 18.5 Å². The summed E-state index contributed by atoms with van der Waals surface area (Å²) in [7, 11) is 0. The standard InChI is InChI=1S/C13H19N3O3/c1-9-8-10(17)5-6-11(9)13(18)15-7-3-2-4-12(14)16-19/h5-6,8,17,19H,2-4,7H2,1H3,(H2,14,16)(H,15,18). The van der Waals surface area contributed by atoms with Crippen LogP contribution in [0.2, 0.25) is 0 Å². The Morgan fingerprint density at radius 2 is 2.16 bits per heavy atom. The minimum atomic E-state index is -0.165. The molecule has 0 heterocycles. The first-order valence-electron chi connectivity index (χ1n) is 6.09. The van der Waals surface area contributed by atoms with Crippen LogP contribution < -0.4 is 11.1 Å². The number of unbranched alkanes of at least 4 members (excludes halogenated alkanes) is 1. The molecule has 0 unspecified atom stereocenters. The summed E-state index contributed by atoms with van der Waals surface area (Å²) < 4.78 is 0. The summed E-state index contributed by atoms with van der Waals surface area (Å²) in [5.74, 6) is 0.176. The van der Waals surface area contributed by atoms with E-state index < -0.39 is 0 Å². The number of carbonyl (C=O) groups excluding carboxylic acids is 1. The molecule has 0 radical (unpaired) electrons. The zero-order valence-electron chi connectivity index (χ0n) is 10.9. The lowest BCUT2D eigenvalue weighted by atomic mass is 10.1. The SMILES string of the molecule is Cc1cc(O)ccc1C(=O)NCCCC/C(N)=N/O. The van der Waals surface area contributed by atoms with Crippen molar-refractivity contribution in [3.8, 4) is 5.75 Å². The number of amides is 1. The number of phenols is 1. The molecule has 6 heteroatoms. The number of hydrogen-bond donors (Lipinski definition) is 4. The van der Waals surface area contributed by atoms with Crippen LogP contribution in [0.1, 0.15) is 35.2 Å². The van der Waals surface area contributed by atoms with Crippen LogP contribution in [0.25, 0.3) is 0 Å². The minimum Gasteiger partial charge on any atom is -0.508 e. The van der Waals surface area contributed by atoms with Crippen molar-refractivity contribution < 1.29 is 15.1 Å². The van der Waals surface area contributed by atoms with Crippen LogP contribution in [0.15, 0.2) is 23.4 Å². The van der Waals surface area contributed by atoms with E-state index in [0.717, 1.165) is 18.4 Å². The Labute approximate surface area is 111 Å². The van der Waals surface area contributed by atoms with Crippen molar-refractivity contribution in [3.05, 3.63) is 29.3 Å². The first kappa shape index (κ1) is 14.8. The Bertz CT molecular complexity index is 472. The largest absolute Gasteiger partial charge is 0.508 e. The van der Waals surface area contributed by atoms with Gasteiger partial charge in [-0.1, -0.05) is 5.16 Å². The molecular weight excluding hydrogens is 246 g/mol. The Morgan fingerprint density at radius 3 is 2.79 bits per heavy atom. The van der Waals surface area contributed by atoms with Crippen molar-refractivity contribution in [3.63, 3.8) is 0 Å². The van der Waals surface area contributed by atoms with Crippen LogP contribution >= 0.6 is 0 Å². The number of rotatable bonds is 6. The molecule has 0 saturated carbocycles. The number of carbonyl (C=O) groups is 1. The molecule has 0 atom stereocenters. The molecule has 19 heavy (non-hydrogen) atoms. The molecule has 0 fully saturated rings. The molecule has 0 aromatic heterocycles. The summed E-state index contributed by atoms with van der Waals surface area (Å²) >= 11 is 0. The number of nitrogens with one attached hydrogen (secondary N) is 1. The predicted octanol–water partition coefficient (Wildman–Crippen LogP) is 1.35. The molecule has 0 aliphatic carbocycles. The van der Waals surface area contributed by atoms with Gasteiger partial charge in [0.1, 0.15) is 11.6 Å². The van der Waals surface area contributed by atoms with Gasteiger partial charge < -0.3 is 21.4 Å². The molecule has 0 aliphatic heterocycles. The number of nitrogens with zero attached hydrogens (tertiary/aromatic N) is 1. The predicted molar refractivity (Wildman–Crippen MR) is 72.4 cm³/mol. The number of aromatic hydroxyl groups is 1. The quantitative estimate of drug-likeness (QED) is 0.205. The zero-order chi connectivity index (χ0) is 14.3. The van der Waals surface area contributed by atoms with Crippen LogP contribution in [0.5, 0.6) is 5.75 Å². The van der Waals surface area contributed by atoms with Crippen LogP contribution in [0, 0.1) is 6.92 Å². The zero-order valence-corrected chi connectivity index (χ0v) is 10.9. The van der Waals surface area contributed by atoms with Gasteiger partial charge >= 0.3 is 0 Å². The lowest BCUT2D eigenvalue weighted by molar-refractivity contribution is 0.0952. The van der Waals surface area contributed by atoms with Crippen molar-refractivity contribution in [2.45, 2.75) is 26.2 Å². The second-order valence-electron chi connectivity index (χ2n) is 4.30. The molecule has 104 valence electrons. The topological polar surface area (TPSA) is 108 Å². The summed E-state index contributed by atoms with van der Waals surface area (Å²) in [4.78, 5) is 11.8.